The van der Waals surface area contributed by atoms with Crippen LogP contribution in [0.3, 0.4) is 0 Å². The van der Waals surface area contributed by atoms with Crippen LogP contribution in [0.2, 0.25) is 0 Å². The smallest absolute Gasteiger partial charge is 0.328 e. The van der Waals surface area contributed by atoms with E-state index in [0.29, 0.717) is 5.56 Å². The molecule has 0 saturated heterocycles. The molecule has 0 radical (unpaired) electrons. The van der Waals surface area contributed by atoms with Gasteiger partial charge in [0.15, 0.2) is 0 Å². The number of phenols is 1. The number of rotatable bonds is 8. The third-order valence-corrected chi connectivity index (χ3v) is 3.01. The first-order valence-corrected chi connectivity index (χ1v) is 6.78. The Labute approximate surface area is 132 Å². The second-order valence-electron chi connectivity index (χ2n) is 4.78. The summed E-state index contributed by atoms with van der Waals surface area (Å²) in [6.07, 6.45) is 0.0651. The van der Waals surface area contributed by atoms with Crippen molar-refractivity contribution in [2.45, 2.75) is 18.5 Å². The summed E-state index contributed by atoms with van der Waals surface area (Å²) in [5.74, 6) is -2.69. The molecule has 0 bridgehead atoms. The van der Waals surface area contributed by atoms with Gasteiger partial charge in [-0.2, -0.15) is 0 Å². The van der Waals surface area contributed by atoms with Crippen LogP contribution in [0, 0.1) is 0 Å². The number of aliphatic carboxylic acids is 1. The highest BCUT2D eigenvalue weighted by atomic mass is 16.4. The van der Waals surface area contributed by atoms with Crippen LogP contribution in [-0.2, 0) is 20.8 Å². The monoisotopic (exact) mass is 325 g/mol. The van der Waals surface area contributed by atoms with Gasteiger partial charge in [-0.25, -0.2) is 4.79 Å². The van der Waals surface area contributed by atoms with Gasteiger partial charge in [-0.15, -0.1) is 0 Å². The second-order valence-corrected chi connectivity index (χ2v) is 4.78. The number of hydrogen-bond acceptors (Lipinski definition) is 6. The number of carboxylic acid groups (broad SMARTS) is 1. The molecule has 9 nitrogen and oxygen atoms in total. The standard InChI is InChI=1S/C14H19N3O6/c15-6-12(20)16-10(5-8-1-3-9(19)4-2-8)13(21)17-11(7-18)14(22)23/h1-4,10-11,18-19H,5-7,15H2,(H,16,20)(H,17,21)(H,22,23)/t10-,11-/m0/s1. The molecule has 1 aromatic rings. The van der Waals surface area contributed by atoms with Gasteiger partial charge in [0, 0.05) is 6.42 Å². The lowest BCUT2D eigenvalue weighted by molar-refractivity contribution is -0.143. The summed E-state index contributed by atoms with van der Waals surface area (Å²) < 4.78 is 0. The maximum Gasteiger partial charge on any atom is 0.328 e. The molecule has 0 aliphatic heterocycles. The van der Waals surface area contributed by atoms with E-state index in [1.807, 2.05) is 0 Å². The number of aromatic hydroxyl groups is 1. The second kappa shape index (κ2) is 8.71. The average Bonchev–Trinajstić information content (AvgIpc) is 2.53. The van der Waals surface area contributed by atoms with Gasteiger partial charge < -0.3 is 31.7 Å². The van der Waals surface area contributed by atoms with E-state index in [-0.39, 0.29) is 18.7 Å². The molecule has 0 saturated carbocycles. The number of nitrogens with one attached hydrogen (secondary N) is 2. The van der Waals surface area contributed by atoms with E-state index in [0.717, 1.165) is 0 Å². The van der Waals surface area contributed by atoms with Crippen molar-refractivity contribution < 1.29 is 29.7 Å². The first-order chi connectivity index (χ1) is 10.9. The number of benzene rings is 1. The largest absolute Gasteiger partial charge is 0.508 e. The fourth-order valence-corrected chi connectivity index (χ4v) is 1.79. The first kappa shape index (κ1) is 18.4. The molecule has 0 fully saturated rings. The van der Waals surface area contributed by atoms with Crippen molar-refractivity contribution >= 4 is 17.8 Å². The highest BCUT2D eigenvalue weighted by Crippen LogP contribution is 2.11. The number of aliphatic hydroxyl groups excluding tert-OH is 1. The Morgan fingerprint density at radius 2 is 1.70 bits per heavy atom. The summed E-state index contributed by atoms with van der Waals surface area (Å²) >= 11 is 0. The SMILES string of the molecule is NCC(=O)N[C@@H](Cc1ccc(O)cc1)C(=O)N[C@@H](CO)C(=O)O. The lowest BCUT2D eigenvalue weighted by atomic mass is 10.0. The van der Waals surface area contributed by atoms with Crippen LogP contribution < -0.4 is 16.4 Å². The zero-order chi connectivity index (χ0) is 17.4. The highest BCUT2D eigenvalue weighted by molar-refractivity contribution is 5.91. The van der Waals surface area contributed by atoms with Crippen LogP contribution in [0.25, 0.3) is 0 Å². The number of carbonyl (C=O) groups is 3. The van der Waals surface area contributed by atoms with Gasteiger partial charge in [-0.05, 0) is 17.7 Å². The van der Waals surface area contributed by atoms with E-state index in [1.54, 1.807) is 12.1 Å². The summed E-state index contributed by atoms with van der Waals surface area (Å²) in [4.78, 5) is 34.4. The van der Waals surface area contributed by atoms with E-state index in [9.17, 15) is 19.5 Å². The van der Waals surface area contributed by atoms with Crippen LogP contribution in [0.1, 0.15) is 5.56 Å². The Morgan fingerprint density at radius 3 is 2.17 bits per heavy atom. The molecular weight excluding hydrogens is 306 g/mol. The van der Waals surface area contributed by atoms with Crippen molar-refractivity contribution in [2.24, 2.45) is 5.73 Å². The maximum atomic E-state index is 12.1. The minimum Gasteiger partial charge on any atom is -0.508 e. The van der Waals surface area contributed by atoms with Crippen LogP contribution in [0.5, 0.6) is 5.75 Å². The molecule has 0 aromatic heterocycles. The van der Waals surface area contributed by atoms with Gasteiger partial charge in [-0.1, -0.05) is 12.1 Å². The fraction of sp³-hybridized carbons (Fsp3) is 0.357. The molecule has 23 heavy (non-hydrogen) atoms. The van der Waals surface area contributed by atoms with Gasteiger partial charge in [-0.3, -0.25) is 9.59 Å². The lowest BCUT2D eigenvalue weighted by Crippen LogP contribution is -2.54. The van der Waals surface area contributed by atoms with Gasteiger partial charge in [0.05, 0.1) is 13.2 Å². The zero-order valence-corrected chi connectivity index (χ0v) is 12.2. The number of carboxylic acids is 1. The Kier molecular flexibility index (Phi) is 6.97. The number of aliphatic hydroxyl groups is 1. The van der Waals surface area contributed by atoms with E-state index < -0.39 is 36.5 Å². The van der Waals surface area contributed by atoms with Crippen molar-refractivity contribution in [1.82, 2.24) is 10.6 Å². The average molecular weight is 325 g/mol. The minimum absolute atomic E-state index is 0.0481. The zero-order valence-electron chi connectivity index (χ0n) is 12.2. The molecule has 2 atom stereocenters. The quantitative estimate of drug-likeness (QED) is 0.320. The Balaban J connectivity index is 2.86. The lowest BCUT2D eigenvalue weighted by Gasteiger charge is -2.20. The van der Waals surface area contributed by atoms with Crippen molar-refractivity contribution in [3.63, 3.8) is 0 Å². The van der Waals surface area contributed by atoms with Gasteiger partial charge in [0.2, 0.25) is 11.8 Å². The summed E-state index contributed by atoms with van der Waals surface area (Å²) in [7, 11) is 0. The summed E-state index contributed by atoms with van der Waals surface area (Å²) in [6, 6.07) is 3.42. The molecule has 0 spiro atoms. The Bertz CT molecular complexity index is 560. The van der Waals surface area contributed by atoms with Gasteiger partial charge >= 0.3 is 5.97 Å². The summed E-state index contributed by atoms with van der Waals surface area (Å²) in [5.41, 5.74) is 5.83. The molecular formula is C14H19N3O6. The number of hydrogen-bond donors (Lipinski definition) is 6. The van der Waals surface area contributed by atoms with Crippen LogP contribution in [0.15, 0.2) is 24.3 Å². The number of nitrogens with two attached hydrogens (primary N) is 1. The van der Waals surface area contributed by atoms with Crippen molar-refractivity contribution in [3.05, 3.63) is 29.8 Å². The number of amides is 2. The Morgan fingerprint density at radius 1 is 1.09 bits per heavy atom. The summed E-state index contributed by atoms with van der Waals surface area (Å²) in [6.45, 7) is -1.11. The van der Waals surface area contributed by atoms with Gasteiger partial charge in [0.25, 0.3) is 0 Å². The van der Waals surface area contributed by atoms with Crippen molar-refractivity contribution in [1.29, 1.82) is 0 Å². The minimum atomic E-state index is -1.47. The molecule has 0 aliphatic rings. The van der Waals surface area contributed by atoms with Crippen LogP contribution >= 0.6 is 0 Å². The molecule has 126 valence electrons. The van der Waals surface area contributed by atoms with E-state index >= 15 is 0 Å². The van der Waals surface area contributed by atoms with Crippen molar-refractivity contribution in [3.8, 4) is 5.75 Å². The molecule has 2 amide bonds. The molecule has 1 aromatic carbocycles. The molecule has 7 N–H and O–H groups in total. The molecule has 0 unspecified atom stereocenters. The van der Waals surface area contributed by atoms with E-state index in [1.165, 1.54) is 12.1 Å². The van der Waals surface area contributed by atoms with E-state index in [2.05, 4.69) is 10.6 Å². The molecule has 1 rings (SSSR count). The maximum absolute atomic E-state index is 12.1. The van der Waals surface area contributed by atoms with Crippen LogP contribution in [0.4, 0.5) is 0 Å². The Hall–Kier alpha value is -2.65. The number of carbonyl (C=O) groups excluding carboxylic acids is 2. The van der Waals surface area contributed by atoms with Gasteiger partial charge in [0.1, 0.15) is 17.8 Å². The number of phenolic OH excluding ortho intramolecular Hbond substituents is 1. The molecule has 0 aliphatic carbocycles. The van der Waals surface area contributed by atoms with Crippen molar-refractivity contribution in [2.75, 3.05) is 13.2 Å². The normalized spacial score (nSPS) is 13.0. The fourth-order valence-electron chi connectivity index (χ4n) is 1.79. The topological polar surface area (TPSA) is 162 Å². The highest BCUT2D eigenvalue weighted by Gasteiger charge is 2.26. The van der Waals surface area contributed by atoms with Crippen LogP contribution in [-0.4, -0.2) is 58.3 Å². The third-order valence-electron chi connectivity index (χ3n) is 3.01. The molecule has 9 heteroatoms. The van der Waals surface area contributed by atoms with E-state index in [4.69, 9.17) is 15.9 Å². The third kappa shape index (κ3) is 5.93. The predicted octanol–water partition coefficient (Wildman–Crippen LogP) is -2.06. The first-order valence-electron chi connectivity index (χ1n) is 6.78. The predicted molar refractivity (Wildman–Crippen MR) is 79.4 cm³/mol. The summed E-state index contributed by atoms with van der Waals surface area (Å²) in [5, 5.41) is 31.5. The molecule has 0 heterocycles.